The van der Waals surface area contributed by atoms with Gasteiger partial charge in [0.2, 0.25) is 0 Å². The third-order valence-electron chi connectivity index (χ3n) is 4.38. The summed E-state index contributed by atoms with van der Waals surface area (Å²) in [5.41, 5.74) is 1.53. The number of carbonyl (C=O) groups is 1. The van der Waals surface area contributed by atoms with E-state index in [4.69, 9.17) is 4.74 Å². The molecule has 0 aromatic carbocycles. The van der Waals surface area contributed by atoms with E-state index < -0.39 is 0 Å². The van der Waals surface area contributed by atoms with E-state index in [-0.39, 0.29) is 5.91 Å². The van der Waals surface area contributed by atoms with Crippen LogP contribution >= 0.6 is 0 Å². The van der Waals surface area contributed by atoms with E-state index in [2.05, 4.69) is 11.9 Å². The first kappa shape index (κ1) is 15.0. The molecule has 0 saturated carbocycles. The smallest absolute Gasteiger partial charge is 0.272 e. The van der Waals surface area contributed by atoms with Crippen molar-refractivity contribution in [1.29, 1.82) is 0 Å². The third kappa shape index (κ3) is 3.03. The Kier molecular flexibility index (Phi) is 4.81. The van der Waals surface area contributed by atoms with E-state index in [0.29, 0.717) is 17.5 Å². The zero-order chi connectivity index (χ0) is 14.7. The predicted molar refractivity (Wildman–Crippen MR) is 77.6 cm³/mol. The Hall–Kier alpha value is -1.36. The van der Waals surface area contributed by atoms with Crippen molar-refractivity contribution >= 4 is 5.91 Å². The number of carbonyl (C=O) groups excluding carboxylic acids is 1. The molecule has 1 aromatic heterocycles. The number of aromatic nitrogens is 2. The fourth-order valence-electron chi connectivity index (χ4n) is 3.07. The molecule has 1 aromatic rings. The van der Waals surface area contributed by atoms with Crippen LogP contribution in [0.15, 0.2) is 6.33 Å². The second-order valence-electron chi connectivity index (χ2n) is 5.85. The Morgan fingerprint density at radius 2 is 2.15 bits per heavy atom. The van der Waals surface area contributed by atoms with Crippen molar-refractivity contribution in [3.8, 4) is 0 Å². The van der Waals surface area contributed by atoms with Crippen LogP contribution in [0.5, 0.6) is 0 Å². The van der Waals surface area contributed by atoms with Crippen molar-refractivity contribution in [3.05, 3.63) is 17.7 Å². The molecule has 1 amide bonds. The van der Waals surface area contributed by atoms with Crippen LogP contribution in [0.2, 0.25) is 0 Å². The van der Waals surface area contributed by atoms with Gasteiger partial charge in [0, 0.05) is 33.9 Å². The van der Waals surface area contributed by atoms with Gasteiger partial charge in [0.15, 0.2) is 0 Å². The zero-order valence-corrected chi connectivity index (χ0v) is 12.9. The molecule has 0 aliphatic carbocycles. The Morgan fingerprint density at radius 1 is 1.50 bits per heavy atom. The largest absolute Gasteiger partial charge is 0.384 e. The maximum absolute atomic E-state index is 12.5. The van der Waals surface area contributed by atoms with E-state index in [0.717, 1.165) is 38.2 Å². The summed E-state index contributed by atoms with van der Waals surface area (Å²) in [6.07, 6.45) is 3.83. The molecular formula is C15H25N3O2. The molecule has 1 unspecified atom stereocenters. The fourth-order valence-corrected chi connectivity index (χ4v) is 3.07. The summed E-state index contributed by atoms with van der Waals surface area (Å²) < 4.78 is 7.05. The second kappa shape index (κ2) is 6.39. The molecule has 0 spiro atoms. The molecule has 20 heavy (non-hydrogen) atoms. The average Bonchev–Trinajstić information content (AvgIpc) is 2.78. The first-order valence-corrected chi connectivity index (χ1v) is 7.30. The number of hydrogen-bond donors (Lipinski definition) is 0. The van der Waals surface area contributed by atoms with Crippen LogP contribution in [-0.4, -0.2) is 47.2 Å². The molecule has 5 heteroatoms. The second-order valence-corrected chi connectivity index (χ2v) is 5.85. The molecule has 1 saturated heterocycles. The Bertz CT molecular complexity index is 442. The molecule has 1 atom stereocenters. The number of aryl methyl sites for hydroxylation is 2. The topological polar surface area (TPSA) is 47.4 Å². The number of imidazole rings is 1. The number of ether oxygens (including phenoxy) is 1. The van der Waals surface area contributed by atoms with Crippen molar-refractivity contribution in [2.75, 3.05) is 26.8 Å². The van der Waals surface area contributed by atoms with Gasteiger partial charge in [-0.3, -0.25) is 4.79 Å². The van der Waals surface area contributed by atoms with Crippen molar-refractivity contribution < 1.29 is 9.53 Å². The minimum absolute atomic E-state index is 0.111. The highest BCUT2D eigenvalue weighted by molar-refractivity contribution is 5.93. The van der Waals surface area contributed by atoms with E-state index in [1.807, 2.05) is 23.4 Å². The average molecular weight is 279 g/mol. The van der Waals surface area contributed by atoms with Gasteiger partial charge < -0.3 is 14.2 Å². The molecule has 112 valence electrons. The number of likely N-dealkylation sites (tertiary alicyclic amines) is 1. The SMILES string of the molecule is COCC(C)C1CCN(C(=O)c2c(C)ncn2C)CC1. The molecule has 0 bridgehead atoms. The molecular weight excluding hydrogens is 254 g/mol. The normalized spacial score (nSPS) is 18.3. The van der Waals surface area contributed by atoms with Crippen LogP contribution in [0, 0.1) is 18.8 Å². The highest BCUT2D eigenvalue weighted by Crippen LogP contribution is 2.26. The highest BCUT2D eigenvalue weighted by Gasteiger charge is 2.28. The summed E-state index contributed by atoms with van der Waals surface area (Å²) in [6.45, 7) is 6.60. The molecule has 2 heterocycles. The Morgan fingerprint density at radius 3 is 2.65 bits per heavy atom. The van der Waals surface area contributed by atoms with Gasteiger partial charge in [0.1, 0.15) is 5.69 Å². The summed E-state index contributed by atoms with van der Waals surface area (Å²) >= 11 is 0. The van der Waals surface area contributed by atoms with E-state index in [9.17, 15) is 4.79 Å². The van der Waals surface area contributed by atoms with E-state index in [1.165, 1.54) is 0 Å². The zero-order valence-electron chi connectivity index (χ0n) is 12.9. The van der Waals surface area contributed by atoms with Gasteiger partial charge in [-0.15, -0.1) is 0 Å². The monoisotopic (exact) mass is 279 g/mol. The van der Waals surface area contributed by atoms with Crippen LogP contribution in [0.1, 0.15) is 35.9 Å². The lowest BCUT2D eigenvalue weighted by Gasteiger charge is -2.34. The number of methoxy groups -OCH3 is 1. The number of nitrogens with zero attached hydrogens (tertiary/aromatic N) is 3. The van der Waals surface area contributed by atoms with Gasteiger partial charge >= 0.3 is 0 Å². The first-order chi connectivity index (χ1) is 9.54. The van der Waals surface area contributed by atoms with Crippen molar-refractivity contribution in [1.82, 2.24) is 14.5 Å². The highest BCUT2D eigenvalue weighted by atomic mass is 16.5. The maximum atomic E-state index is 12.5. The predicted octanol–water partition coefficient (Wildman–Crippen LogP) is 1.86. The number of amides is 1. The van der Waals surface area contributed by atoms with Crippen LogP contribution in [0.25, 0.3) is 0 Å². The van der Waals surface area contributed by atoms with E-state index in [1.54, 1.807) is 13.4 Å². The summed E-state index contributed by atoms with van der Waals surface area (Å²) in [5.74, 6) is 1.34. The lowest BCUT2D eigenvalue weighted by Crippen LogP contribution is -2.41. The molecule has 1 aliphatic rings. The van der Waals surface area contributed by atoms with Gasteiger partial charge in [0.05, 0.1) is 12.0 Å². The Labute approximate surface area is 120 Å². The van der Waals surface area contributed by atoms with Crippen LogP contribution in [0.4, 0.5) is 0 Å². The minimum atomic E-state index is 0.111. The first-order valence-electron chi connectivity index (χ1n) is 7.30. The number of rotatable bonds is 4. The summed E-state index contributed by atoms with van der Waals surface area (Å²) in [5, 5.41) is 0. The summed E-state index contributed by atoms with van der Waals surface area (Å²) in [6, 6.07) is 0. The molecule has 0 N–H and O–H groups in total. The Balaban J connectivity index is 1.96. The van der Waals surface area contributed by atoms with Crippen molar-refractivity contribution in [3.63, 3.8) is 0 Å². The number of hydrogen-bond acceptors (Lipinski definition) is 3. The quantitative estimate of drug-likeness (QED) is 0.845. The van der Waals surface area contributed by atoms with Crippen molar-refractivity contribution in [2.24, 2.45) is 18.9 Å². The van der Waals surface area contributed by atoms with Gasteiger partial charge in [-0.2, -0.15) is 0 Å². The molecule has 0 radical (unpaired) electrons. The van der Waals surface area contributed by atoms with Gasteiger partial charge in [0.25, 0.3) is 5.91 Å². The molecule has 5 nitrogen and oxygen atoms in total. The van der Waals surface area contributed by atoms with Gasteiger partial charge in [-0.05, 0) is 31.6 Å². The summed E-state index contributed by atoms with van der Waals surface area (Å²) in [4.78, 5) is 18.7. The fraction of sp³-hybridized carbons (Fsp3) is 0.733. The van der Waals surface area contributed by atoms with Gasteiger partial charge in [-0.25, -0.2) is 4.98 Å². The molecule has 1 aliphatic heterocycles. The summed E-state index contributed by atoms with van der Waals surface area (Å²) in [7, 11) is 3.63. The van der Waals surface area contributed by atoms with Crippen LogP contribution in [0.3, 0.4) is 0 Å². The van der Waals surface area contributed by atoms with Crippen LogP contribution < -0.4 is 0 Å². The lowest BCUT2D eigenvalue weighted by molar-refractivity contribution is 0.0589. The van der Waals surface area contributed by atoms with Crippen LogP contribution in [-0.2, 0) is 11.8 Å². The standard InChI is InChI=1S/C15H25N3O2/c1-11(9-20-4)13-5-7-18(8-6-13)15(19)14-12(2)16-10-17(14)3/h10-11,13H,5-9H2,1-4H3. The van der Waals surface area contributed by atoms with E-state index >= 15 is 0 Å². The number of piperidine rings is 1. The lowest BCUT2D eigenvalue weighted by atomic mass is 9.86. The van der Waals surface area contributed by atoms with Crippen molar-refractivity contribution in [2.45, 2.75) is 26.7 Å². The molecule has 1 fully saturated rings. The minimum Gasteiger partial charge on any atom is -0.384 e. The molecule has 2 rings (SSSR count). The third-order valence-corrected chi connectivity index (χ3v) is 4.38. The maximum Gasteiger partial charge on any atom is 0.272 e. The van der Waals surface area contributed by atoms with Gasteiger partial charge in [-0.1, -0.05) is 6.92 Å².